The van der Waals surface area contributed by atoms with Crippen molar-refractivity contribution in [2.75, 3.05) is 32.0 Å². The molecule has 0 saturated carbocycles. The van der Waals surface area contributed by atoms with E-state index in [-0.39, 0.29) is 24.3 Å². The van der Waals surface area contributed by atoms with Gasteiger partial charge in [-0.25, -0.2) is 0 Å². The molecule has 0 aliphatic carbocycles. The molecule has 2 aromatic rings. The highest BCUT2D eigenvalue weighted by molar-refractivity contribution is 6.31. The van der Waals surface area contributed by atoms with E-state index in [0.29, 0.717) is 37.2 Å². The highest BCUT2D eigenvalue weighted by atomic mass is 35.5. The summed E-state index contributed by atoms with van der Waals surface area (Å²) < 4.78 is 11.1. The van der Waals surface area contributed by atoms with Crippen molar-refractivity contribution in [2.24, 2.45) is 5.92 Å². The lowest BCUT2D eigenvalue weighted by molar-refractivity contribution is -0.130. The summed E-state index contributed by atoms with van der Waals surface area (Å²) in [7, 11) is 0. The van der Waals surface area contributed by atoms with Crippen LogP contribution in [0, 0.1) is 5.92 Å². The van der Waals surface area contributed by atoms with E-state index in [0.717, 1.165) is 5.56 Å². The number of nitrogens with two attached hydrogens (primary N) is 1. The van der Waals surface area contributed by atoms with Crippen molar-refractivity contribution in [1.82, 2.24) is 15.1 Å². The first-order chi connectivity index (χ1) is 11.6. The summed E-state index contributed by atoms with van der Waals surface area (Å²) in [5.74, 6) is 0.618. The van der Waals surface area contributed by atoms with Gasteiger partial charge in [0, 0.05) is 24.0 Å². The van der Waals surface area contributed by atoms with Crippen molar-refractivity contribution in [1.29, 1.82) is 0 Å². The molecule has 3 heterocycles. The lowest BCUT2D eigenvalue weighted by Crippen LogP contribution is -2.38. The summed E-state index contributed by atoms with van der Waals surface area (Å²) in [4.78, 5) is 14.5. The molecule has 8 heteroatoms. The molecule has 7 nitrogen and oxygen atoms in total. The number of amides is 1. The van der Waals surface area contributed by atoms with Gasteiger partial charge in [0.1, 0.15) is 0 Å². The third kappa shape index (κ3) is 2.44. The van der Waals surface area contributed by atoms with Crippen LogP contribution in [0.4, 0.5) is 6.01 Å². The van der Waals surface area contributed by atoms with Crippen LogP contribution in [0.3, 0.4) is 0 Å². The van der Waals surface area contributed by atoms with Gasteiger partial charge in [-0.05, 0) is 11.6 Å². The van der Waals surface area contributed by atoms with Crippen molar-refractivity contribution < 1.29 is 13.9 Å². The van der Waals surface area contributed by atoms with Gasteiger partial charge in [0.2, 0.25) is 11.8 Å². The fourth-order valence-corrected chi connectivity index (χ4v) is 3.78. The quantitative estimate of drug-likeness (QED) is 0.897. The molecule has 4 rings (SSSR count). The summed E-state index contributed by atoms with van der Waals surface area (Å²) in [5, 5.41) is 8.40. The summed E-state index contributed by atoms with van der Waals surface area (Å²) in [6.07, 6.45) is 0.273. The number of nitrogens with zero attached hydrogens (tertiary/aromatic N) is 3. The molecule has 2 atom stereocenters. The molecule has 0 spiro atoms. The van der Waals surface area contributed by atoms with E-state index in [1.54, 1.807) is 6.07 Å². The van der Waals surface area contributed by atoms with Gasteiger partial charge in [-0.3, -0.25) is 4.79 Å². The Kier molecular flexibility index (Phi) is 3.69. The number of aromatic nitrogens is 2. The average Bonchev–Trinajstić information content (AvgIpc) is 3.23. The average molecular weight is 349 g/mol. The standard InChI is InChI=1S/C16H17ClN4O3/c17-12-4-2-1-3-10(12)5-13(22)21-6-11-7-23-9-16(11,8-21)14-19-20-15(18)24-14/h1-4,11H,5-9H2,(H2,18,20)/t11-,16-/m0/s1. The Labute approximate surface area is 143 Å². The largest absolute Gasteiger partial charge is 0.407 e. The van der Waals surface area contributed by atoms with Crippen molar-refractivity contribution in [3.8, 4) is 0 Å². The third-order valence-corrected chi connectivity index (χ3v) is 5.26. The van der Waals surface area contributed by atoms with Crippen molar-refractivity contribution in [3.05, 3.63) is 40.7 Å². The van der Waals surface area contributed by atoms with Crippen molar-refractivity contribution in [3.63, 3.8) is 0 Å². The molecule has 2 saturated heterocycles. The minimum atomic E-state index is -0.458. The number of carbonyl (C=O) groups is 1. The van der Waals surface area contributed by atoms with Crippen LogP contribution in [0.1, 0.15) is 11.5 Å². The first-order valence-electron chi connectivity index (χ1n) is 7.77. The van der Waals surface area contributed by atoms with Crippen LogP contribution >= 0.6 is 11.6 Å². The lowest BCUT2D eigenvalue weighted by atomic mass is 9.81. The molecular formula is C16H17ClN4O3. The highest BCUT2D eigenvalue weighted by Crippen LogP contribution is 2.43. The van der Waals surface area contributed by atoms with Crippen LogP contribution in [-0.2, 0) is 21.4 Å². The predicted molar refractivity (Wildman–Crippen MR) is 86.4 cm³/mol. The van der Waals surface area contributed by atoms with E-state index >= 15 is 0 Å². The maximum atomic E-state index is 12.7. The van der Waals surface area contributed by atoms with Crippen LogP contribution in [0.5, 0.6) is 0 Å². The van der Waals surface area contributed by atoms with Gasteiger partial charge in [0.25, 0.3) is 0 Å². The second-order valence-corrected chi connectivity index (χ2v) is 6.76. The molecule has 2 aliphatic rings. The highest BCUT2D eigenvalue weighted by Gasteiger charge is 2.56. The third-order valence-electron chi connectivity index (χ3n) is 4.89. The molecule has 2 aliphatic heterocycles. The normalized spacial score (nSPS) is 25.9. The Morgan fingerprint density at radius 2 is 2.25 bits per heavy atom. The van der Waals surface area contributed by atoms with E-state index in [1.165, 1.54) is 0 Å². The number of anilines is 1. The van der Waals surface area contributed by atoms with Gasteiger partial charge in [-0.2, -0.15) is 0 Å². The number of fused-ring (bicyclic) bond motifs is 1. The Bertz CT molecular complexity index is 780. The smallest absolute Gasteiger partial charge is 0.312 e. The summed E-state index contributed by atoms with van der Waals surface area (Å²) in [6.45, 7) is 2.11. The number of likely N-dealkylation sites (tertiary alicyclic amines) is 1. The minimum Gasteiger partial charge on any atom is -0.407 e. The Balaban J connectivity index is 1.55. The molecular weight excluding hydrogens is 332 g/mol. The predicted octanol–water partition coefficient (Wildman–Crippen LogP) is 1.27. The number of hydrogen-bond donors (Lipinski definition) is 1. The van der Waals surface area contributed by atoms with Gasteiger partial charge < -0.3 is 19.8 Å². The number of carbonyl (C=O) groups excluding carboxylic acids is 1. The number of halogens is 1. The topological polar surface area (TPSA) is 94.5 Å². The Hall–Kier alpha value is -2.12. The Morgan fingerprint density at radius 1 is 1.42 bits per heavy atom. The zero-order valence-electron chi connectivity index (χ0n) is 12.9. The zero-order valence-corrected chi connectivity index (χ0v) is 13.7. The molecule has 2 fully saturated rings. The minimum absolute atomic E-state index is 0.0318. The molecule has 0 bridgehead atoms. The second-order valence-electron chi connectivity index (χ2n) is 6.36. The van der Waals surface area contributed by atoms with Crippen LogP contribution < -0.4 is 5.73 Å². The lowest BCUT2D eigenvalue weighted by Gasteiger charge is -2.23. The molecule has 1 aromatic heterocycles. The fourth-order valence-electron chi connectivity index (χ4n) is 3.58. The van der Waals surface area contributed by atoms with E-state index in [4.69, 9.17) is 26.5 Å². The number of ether oxygens (including phenoxy) is 1. The maximum absolute atomic E-state index is 12.7. The summed E-state index contributed by atoms with van der Waals surface area (Å²) in [5.41, 5.74) is 5.93. The number of nitrogen functional groups attached to an aromatic ring is 1. The maximum Gasteiger partial charge on any atom is 0.312 e. The van der Waals surface area contributed by atoms with Crippen molar-refractivity contribution in [2.45, 2.75) is 11.8 Å². The first-order valence-corrected chi connectivity index (χ1v) is 8.15. The molecule has 0 unspecified atom stereocenters. The monoisotopic (exact) mass is 348 g/mol. The van der Waals surface area contributed by atoms with Gasteiger partial charge in [0.15, 0.2) is 0 Å². The van der Waals surface area contributed by atoms with Gasteiger partial charge in [0.05, 0.1) is 25.0 Å². The van der Waals surface area contributed by atoms with E-state index in [9.17, 15) is 4.79 Å². The number of rotatable bonds is 3. The van der Waals surface area contributed by atoms with Crippen molar-refractivity contribution >= 4 is 23.5 Å². The first kappa shape index (κ1) is 15.4. The SMILES string of the molecule is Nc1nnc([C@@]23COC[C@@H]2CN(C(=O)Cc2ccccc2Cl)C3)o1. The van der Waals surface area contributed by atoms with Crippen LogP contribution in [-0.4, -0.2) is 47.3 Å². The van der Waals surface area contributed by atoms with Gasteiger partial charge >= 0.3 is 6.01 Å². The second kappa shape index (κ2) is 5.75. The molecule has 0 radical (unpaired) electrons. The van der Waals surface area contributed by atoms with Crippen LogP contribution in [0.2, 0.25) is 5.02 Å². The van der Waals surface area contributed by atoms with Gasteiger partial charge in [-0.1, -0.05) is 34.9 Å². The Morgan fingerprint density at radius 3 is 3.00 bits per heavy atom. The zero-order chi connectivity index (χ0) is 16.7. The van der Waals surface area contributed by atoms with E-state index < -0.39 is 5.41 Å². The fraction of sp³-hybridized carbons (Fsp3) is 0.438. The summed E-state index contributed by atoms with van der Waals surface area (Å²) in [6, 6.07) is 7.42. The number of benzene rings is 1. The molecule has 24 heavy (non-hydrogen) atoms. The molecule has 126 valence electrons. The van der Waals surface area contributed by atoms with E-state index in [1.807, 2.05) is 23.1 Å². The van der Waals surface area contributed by atoms with Gasteiger partial charge in [-0.15, -0.1) is 5.10 Å². The van der Waals surface area contributed by atoms with Crippen LogP contribution in [0.25, 0.3) is 0 Å². The molecule has 1 amide bonds. The number of hydrogen-bond acceptors (Lipinski definition) is 6. The van der Waals surface area contributed by atoms with Crippen LogP contribution in [0.15, 0.2) is 28.7 Å². The molecule has 1 aromatic carbocycles. The summed E-state index contributed by atoms with van der Waals surface area (Å²) >= 11 is 6.16. The molecule has 2 N–H and O–H groups in total. The van der Waals surface area contributed by atoms with E-state index in [2.05, 4.69) is 10.2 Å².